The van der Waals surface area contributed by atoms with Gasteiger partial charge in [0.15, 0.2) is 22.4 Å². The minimum absolute atomic E-state index is 0.0349. The Hall–Kier alpha value is -2.78. The Morgan fingerprint density at radius 2 is 2.07 bits per heavy atom. The number of halogens is 2. The zero-order valence-corrected chi connectivity index (χ0v) is 16.7. The molecule has 30 heavy (non-hydrogen) atoms. The molecule has 0 radical (unpaired) electrons. The third kappa shape index (κ3) is 3.59. The highest BCUT2D eigenvalue weighted by Crippen LogP contribution is 2.35. The molecule has 2 atom stereocenters. The molecule has 3 heterocycles. The van der Waals surface area contributed by atoms with Crippen molar-refractivity contribution in [2.75, 3.05) is 24.7 Å². The Kier molecular flexibility index (Phi) is 5.00. The van der Waals surface area contributed by atoms with Gasteiger partial charge in [0.05, 0.1) is 17.3 Å². The van der Waals surface area contributed by atoms with Gasteiger partial charge in [0.25, 0.3) is 5.91 Å². The first-order valence-corrected chi connectivity index (χ1v) is 10.5. The van der Waals surface area contributed by atoms with Crippen molar-refractivity contribution in [1.82, 2.24) is 4.98 Å². The number of ether oxygens (including phenoxy) is 3. The van der Waals surface area contributed by atoms with Crippen LogP contribution in [-0.4, -0.2) is 42.9 Å². The first-order chi connectivity index (χ1) is 14.6. The van der Waals surface area contributed by atoms with E-state index < -0.39 is 17.7 Å². The molecule has 156 valence electrons. The summed E-state index contributed by atoms with van der Waals surface area (Å²) in [6.45, 7) is 0.929. The number of thiazole rings is 1. The first kappa shape index (κ1) is 19.2. The van der Waals surface area contributed by atoms with Crippen LogP contribution >= 0.6 is 11.3 Å². The number of aromatic nitrogens is 1. The summed E-state index contributed by atoms with van der Waals surface area (Å²) < 4.78 is 45.4. The molecule has 5 rings (SSSR count). The lowest BCUT2D eigenvalue weighted by Crippen LogP contribution is -2.48. The molecule has 0 saturated carbocycles. The number of nitrogens with zero attached hydrogens (tertiary/aromatic N) is 2. The molecule has 1 amide bonds. The number of carbonyl (C=O) groups is 1. The lowest BCUT2D eigenvalue weighted by Gasteiger charge is -2.30. The first-order valence-electron chi connectivity index (χ1n) is 9.65. The lowest BCUT2D eigenvalue weighted by molar-refractivity contribution is -0.128. The van der Waals surface area contributed by atoms with E-state index in [9.17, 15) is 13.6 Å². The van der Waals surface area contributed by atoms with Gasteiger partial charge in [-0.05, 0) is 31.0 Å². The van der Waals surface area contributed by atoms with Crippen LogP contribution in [0.3, 0.4) is 0 Å². The van der Waals surface area contributed by atoms with E-state index in [0.29, 0.717) is 22.8 Å². The maximum absolute atomic E-state index is 14.2. The number of rotatable bonds is 4. The third-order valence-corrected chi connectivity index (χ3v) is 6.12. The lowest BCUT2D eigenvalue weighted by atomic mass is 10.2. The molecule has 0 spiro atoms. The fourth-order valence-corrected chi connectivity index (χ4v) is 4.65. The summed E-state index contributed by atoms with van der Waals surface area (Å²) >= 11 is 1.06. The average Bonchev–Trinajstić information content (AvgIpc) is 3.41. The average molecular weight is 432 g/mol. The molecule has 2 aromatic carbocycles. The molecule has 0 bridgehead atoms. The van der Waals surface area contributed by atoms with E-state index in [0.717, 1.165) is 30.2 Å². The standard InChI is InChI=1S/C21H18F2N2O4S/c22-12-8-14(23)19-18(9-12)30-21(24-19)25(10-13-4-3-7-27-13)20(26)17-11-28-15-5-1-2-6-16(15)29-17/h1-2,5-6,8-9,13,17H,3-4,7,10-11H2. The predicted octanol–water partition coefficient (Wildman–Crippen LogP) is 3.93. The Balaban J connectivity index is 1.47. The fourth-order valence-electron chi connectivity index (χ4n) is 3.63. The molecule has 6 nitrogen and oxygen atoms in total. The van der Waals surface area contributed by atoms with E-state index in [1.807, 2.05) is 6.07 Å². The highest BCUT2D eigenvalue weighted by Gasteiger charge is 2.35. The summed E-state index contributed by atoms with van der Waals surface area (Å²) in [4.78, 5) is 19.1. The van der Waals surface area contributed by atoms with Crippen LogP contribution in [0.4, 0.5) is 13.9 Å². The number of anilines is 1. The maximum atomic E-state index is 14.2. The number of benzene rings is 2. The minimum Gasteiger partial charge on any atom is -0.485 e. The van der Waals surface area contributed by atoms with Crippen LogP contribution < -0.4 is 14.4 Å². The van der Waals surface area contributed by atoms with Crippen LogP contribution in [0.5, 0.6) is 11.5 Å². The quantitative estimate of drug-likeness (QED) is 0.625. The Labute approximate surface area is 175 Å². The third-order valence-electron chi connectivity index (χ3n) is 5.09. The number of para-hydroxylation sites is 2. The van der Waals surface area contributed by atoms with E-state index in [-0.39, 0.29) is 35.8 Å². The highest BCUT2D eigenvalue weighted by molar-refractivity contribution is 7.22. The Morgan fingerprint density at radius 3 is 2.87 bits per heavy atom. The largest absolute Gasteiger partial charge is 0.485 e. The van der Waals surface area contributed by atoms with Crippen LogP contribution in [0.25, 0.3) is 10.2 Å². The molecule has 0 N–H and O–H groups in total. The SMILES string of the molecule is O=C(C1COc2ccccc2O1)N(CC1CCCO1)c1nc2c(F)cc(F)cc2s1. The second-order valence-corrected chi connectivity index (χ2v) is 8.19. The van der Waals surface area contributed by atoms with Crippen molar-refractivity contribution >= 4 is 32.6 Å². The summed E-state index contributed by atoms with van der Waals surface area (Å²) in [6, 6.07) is 9.12. The van der Waals surface area contributed by atoms with E-state index in [1.54, 1.807) is 18.2 Å². The molecule has 3 aromatic rings. The smallest absolute Gasteiger partial charge is 0.273 e. The van der Waals surface area contributed by atoms with Crippen molar-refractivity contribution in [3.8, 4) is 11.5 Å². The molecule has 2 unspecified atom stereocenters. The molecular weight excluding hydrogens is 414 g/mol. The Morgan fingerprint density at radius 1 is 1.23 bits per heavy atom. The van der Waals surface area contributed by atoms with E-state index >= 15 is 0 Å². The number of hydrogen-bond acceptors (Lipinski definition) is 6. The van der Waals surface area contributed by atoms with Gasteiger partial charge >= 0.3 is 0 Å². The second-order valence-electron chi connectivity index (χ2n) is 7.18. The molecular formula is C21H18F2N2O4S. The fraction of sp³-hybridized carbons (Fsp3) is 0.333. The van der Waals surface area contributed by atoms with Gasteiger partial charge in [-0.1, -0.05) is 23.5 Å². The normalized spacial score (nSPS) is 20.5. The summed E-state index contributed by atoms with van der Waals surface area (Å²) in [5, 5.41) is 0.275. The van der Waals surface area contributed by atoms with Gasteiger partial charge < -0.3 is 14.2 Å². The summed E-state index contributed by atoms with van der Waals surface area (Å²) in [7, 11) is 0. The van der Waals surface area contributed by atoms with Crippen molar-refractivity contribution in [3.05, 3.63) is 48.0 Å². The molecule has 1 saturated heterocycles. The van der Waals surface area contributed by atoms with Crippen molar-refractivity contribution < 1.29 is 27.8 Å². The Bertz CT molecular complexity index is 1100. The zero-order chi connectivity index (χ0) is 20.7. The van der Waals surface area contributed by atoms with Crippen molar-refractivity contribution in [2.45, 2.75) is 25.0 Å². The van der Waals surface area contributed by atoms with Crippen molar-refractivity contribution in [3.63, 3.8) is 0 Å². The zero-order valence-electron chi connectivity index (χ0n) is 15.8. The van der Waals surface area contributed by atoms with Crippen LogP contribution in [0, 0.1) is 11.6 Å². The van der Waals surface area contributed by atoms with E-state index in [1.165, 1.54) is 11.0 Å². The van der Waals surface area contributed by atoms with E-state index in [4.69, 9.17) is 14.2 Å². The van der Waals surface area contributed by atoms with Gasteiger partial charge in [0, 0.05) is 12.7 Å². The van der Waals surface area contributed by atoms with E-state index in [2.05, 4.69) is 4.98 Å². The topological polar surface area (TPSA) is 60.9 Å². The van der Waals surface area contributed by atoms with Crippen molar-refractivity contribution in [2.24, 2.45) is 0 Å². The van der Waals surface area contributed by atoms with Gasteiger partial charge in [0.2, 0.25) is 6.10 Å². The molecule has 1 aromatic heterocycles. The maximum Gasteiger partial charge on any atom is 0.273 e. The van der Waals surface area contributed by atoms with Gasteiger partial charge in [-0.2, -0.15) is 0 Å². The minimum atomic E-state index is -0.880. The molecule has 2 aliphatic rings. The summed E-state index contributed by atoms with van der Waals surface area (Å²) in [5.41, 5.74) is 0.0349. The van der Waals surface area contributed by atoms with Gasteiger partial charge in [-0.3, -0.25) is 9.69 Å². The van der Waals surface area contributed by atoms with Crippen LogP contribution in [0.1, 0.15) is 12.8 Å². The number of carbonyl (C=O) groups excluding carboxylic acids is 1. The van der Waals surface area contributed by atoms with Gasteiger partial charge in [-0.25, -0.2) is 13.8 Å². The monoisotopic (exact) mass is 432 g/mol. The summed E-state index contributed by atoms with van der Waals surface area (Å²) in [5.74, 6) is -0.753. The van der Waals surface area contributed by atoms with Gasteiger partial charge in [0.1, 0.15) is 17.9 Å². The van der Waals surface area contributed by atoms with Crippen LogP contribution in [0.2, 0.25) is 0 Å². The van der Waals surface area contributed by atoms with Gasteiger partial charge in [-0.15, -0.1) is 0 Å². The number of amides is 1. The van der Waals surface area contributed by atoms with Crippen LogP contribution in [-0.2, 0) is 9.53 Å². The number of fused-ring (bicyclic) bond motifs is 2. The highest BCUT2D eigenvalue weighted by atomic mass is 32.1. The van der Waals surface area contributed by atoms with Crippen molar-refractivity contribution in [1.29, 1.82) is 0 Å². The van der Waals surface area contributed by atoms with Crippen LogP contribution in [0.15, 0.2) is 36.4 Å². The number of hydrogen-bond donors (Lipinski definition) is 0. The second kappa shape index (κ2) is 7.81. The summed E-state index contributed by atoms with van der Waals surface area (Å²) in [6.07, 6.45) is 0.680. The predicted molar refractivity (Wildman–Crippen MR) is 107 cm³/mol. The molecule has 0 aliphatic carbocycles. The molecule has 1 fully saturated rings. The molecule has 9 heteroatoms. The molecule has 2 aliphatic heterocycles.